The fourth-order valence-corrected chi connectivity index (χ4v) is 2.87. The van der Waals surface area contributed by atoms with Gasteiger partial charge in [-0.3, -0.25) is 0 Å². The maximum atomic E-state index is 6.12. The number of ether oxygens (including phenoxy) is 1. The number of rotatable bonds is 4. The van der Waals surface area contributed by atoms with Crippen molar-refractivity contribution < 1.29 is 4.74 Å². The zero-order valence-corrected chi connectivity index (χ0v) is 13.2. The summed E-state index contributed by atoms with van der Waals surface area (Å²) in [6.45, 7) is 0.338. The summed E-state index contributed by atoms with van der Waals surface area (Å²) < 4.78 is 5.27. The van der Waals surface area contributed by atoms with Crippen LogP contribution in [0.15, 0.2) is 41.6 Å². The third-order valence-electron chi connectivity index (χ3n) is 2.73. The Hall–Kier alpha value is -1.67. The summed E-state index contributed by atoms with van der Waals surface area (Å²) in [6.07, 6.45) is 1.73. The maximum absolute atomic E-state index is 6.12. The molecule has 2 N–H and O–H groups in total. The summed E-state index contributed by atoms with van der Waals surface area (Å²) >= 11 is 7.69. The predicted molar refractivity (Wildman–Crippen MR) is 87.7 cm³/mol. The van der Waals surface area contributed by atoms with Crippen LogP contribution in [0.2, 0.25) is 5.02 Å². The monoisotopic (exact) mass is 318 g/mol. The number of hydrogen-bond acceptors (Lipinski definition) is 4. The van der Waals surface area contributed by atoms with E-state index in [9.17, 15) is 0 Å². The van der Waals surface area contributed by atoms with E-state index in [1.54, 1.807) is 25.1 Å². The number of methoxy groups -OCH3 is 1. The van der Waals surface area contributed by atoms with Crippen LogP contribution in [0.1, 0.15) is 11.1 Å². The molecule has 0 atom stereocenters. The quantitative estimate of drug-likeness (QED) is 0.694. The van der Waals surface area contributed by atoms with Crippen molar-refractivity contribution in [1.29, 1.82) is 0 Å². The van der Waals surface area contributed by atoms with Gasteiger partial charge in [-0.2, -0.15) is 0 Å². The van der Waals surface area contributed by atoms with Gasteiger partial charge in [0.2, 0.25) is 0 Å². The smallest absolute Gasteiger partial charge is 0.119 e. The van der Waals surface area contributed by atoms with E-state index in [-0.39, 0.29) is 0 Å². The number of halogens is 1. The van der Waals surface area contributed by atoms with Crippen molar-refractivity contribution in [3.63, 3.8) is 0 Å². The largest absolute Gasteiger partial charge is 0.497 e. The minimum absolute atomic E-state index is 0.338. The van der Waals surface area contributed by atoms with Gasteiger partial charge in [-0.05, 0) is 35.9 Å². The second-order valence-electron chi connectivity index (χ2n) is 4.11. The summed E-state index contributed by atoms with van der Waals surface area (Å²) in [4.78, 5) is 4.27. The molecule has 0 aliphatic heterocycles. The van der Waals surface area contributed by atoms with Crippen LogP contribution in [-0.4, -0.2) is 18.6 Å². The SMILES string of the molecule is COc1ccc(C#CCN)c(CSc2ncccc2Cl)c1. The van der Waals surface area contributed by atoms with Gasteiger partial charge in [0, 0.05) is 17.5 Å². The van der Waals surface area contributed by atoms with Gasteiger partial charge in [0.25, 0.3) is 0 Å². The molecule has 0 amide bonds. The molecule has 2 aromatic rings. The minimum Gasteiger partial charge on any atom is -0.497 e. The normalized spacial score (nSPS) is 9.86. The lowest BCUT2D eigenvalue weighted by molar-refractivity contribution is 0.414. The minimum atomic E-state index is 0.338. The zero-order valence-electron chi connectivity index (χ0n) is 11.6. The maximum Gasteiger partial charge on any atom is 0.119 e. The molecule has 1 aromatic heterocycles. The zero-order chi connectivity index (χ0) is 15.1. The summed E-state index contributed by atoms with van der Waals surface area (Å²) in [5, 5.41) is 1.46. The Bertz CT molecular complexity index is 679. The molecular weight excluding hydrogens is 304 g/mol. The summed E-state index contributed by atoms with van der Waals surface area (Å²) in [5.41, 5.74) is 7.45. The molecule has 0 bridgehead atoms. The van der Waals surface area contributed by atoms with Crippen molar-refractivity contribution in [2.45, 2.75) is 10.8 Å². The topological polar surface area (TPSA) is 48.1 Å². The van der Waals surface area contributed by atoms with Crippen LogP contribution in [0.3, 0.4) is 0 Å². The number of aromatic nitrogens is 1. The van der Waals surface area contributed by atoms with Crippen molar-refractivity contribution in [2.24, 2.45) is 5.73 Å². The molecule has 0 radical (unpaired) electrons. The van der Waals surface area contributed by atoms with Gasteiger partial charge in [-0.15, -0.1) is 11.8 Å². The lowest BCUT2D eigenvalue weighted by Crippen LogP contribution is -1.95. The lowest BCUT2D eigenvalue weighted by atomic mass is 10.1. The van der Waals surface area contributed by atoms with Gasteiger partial charge in [0.15, 0.2) is 0 Å². The Morgan fingerprint density at radius 1 is 1.38 bits per heavy atom. The van der Waals surface area contributed by atoms with Gasteiger partial charge in [0.1, 0.15) is 10.8 Å². The highest BCUT2D eigenvalue weighted by Crippen LogP contribution is 2.29. The van der Waals surface area contributed by atoms with E-state index in [0.717, 1.165) is 21.9 Å². The molecule has 0 unspecified atom stereocenters. The van der Waals surface area contributed by atoms with E-state index in [1.165, 1.54) is 0 Å². The molecule has 21 heavy (non-hydrogen) atoms. The number of nitrogens with two attached hydrogens (primary N) is 1. The highest BCUT2D eigenvalue weighted by Gasteiger charge is 2.07. The third kappa shape index (κ3) is 4.40. The molecule has 108 valence electrons. The molecule has 0 saturated heterocycles. The lowest BCUT2D eigenvalue weighted by Gasteiger charge is -2.08. The number of hydrogen-bond donors (Lipinski definition) is 1. The van der Waals surface area contributed by atoms with E-state index < -0.39 is 0 Å². The van der Waals surface area contributed by atoms with Crippen molar-refractivity contribution in [3.8, 4) is 17.6 Å². The van der Waals surface area contributed by atoms with Crippen LogP contribution >= 0.6 is 23.4 Å². The van der Waals surface area contributed by atoms with Crippen LogP contribution in [0.4, 0.5) is 0 Å². The first-order valence-corrected chi connectivity index (χ1v) is 7.70. The number of benzene rings is 1. The van der Waals surface area contributed by atoms with E-state index in [2.05, 4.69) is 16.8 Å². The fourth-order valence-electron chi connectivity index (χ4n) is 1.71. The molecule has 0 aliphatic carbocycles. The fraction of sp³-hybridized carbons (Fsp3) is 0.188. The van der Waals surface area contributed by atoms with Crippen molar-refractivity contribution in [2.75, 3.05) is 13.7 Å². The first kappa shape index (κ1) is 15.7. The molecule has 0 spiro atoms. The van der Waals surface area contributed by atoms with E-state index in [0.29, 0.717) is 17.3 Å². The molecule has 0 aliphatic rings. The molecule has 5 heteroatoms. The Balaban J connectivity index is 2.23. The van der Waals surface area contributed by atoms with Crippen molar-refractivity contribution in [1.82, 2.24) is 4.98 Å². The van der Waals surface area contributed by atoms with Gasteiger partial charge < -0.3 is 10.5 Å². The summed E-state index contributed by atoms with van der Waals surface area (Å²) in [6, 6.07) is 9.46. The average Bonchev–Trinajstić information content (AvgIpc) is 2.52. The van der Waals surface area contributed by atoms with Gasteiger partial charge >= 0.3 is 0 Å². The molecule has 0 saturated carbocycles. The van der Waals surface area contributed by atoms with E-state index in [1.807, 2.05) is 30.3 Å². The highest BCUT2D eigenvalue weighted by atomic mass is 35.5. The number of thioether (sulfide) groups is 1. The molecular formula is C16H15ClN2OS. The first-order valence-electron chi connectivity index (χ1n) is 6.33. The average molecular weight is 319 g/mol. The first-order chi connectivity index (χ1) is 10.2. The van der Waals surface area contributed by atoms with Gasteiger partial charge in [-0.1, -0.05) is 23.4 Å². The van der Waals surface area contributed by atoms with Crippen LogP contribution < -0.4 is 10.5 Å². The predicted octanol–water partition coefficient (Wildman–Crippen LogP) is 3.35. The van der Waals surface area contributed by atoms with Gasteiger partial charge in [0.05, 0.1) is 18.7 Å². The summed E-state index contributed by atoms with van der Waals surface area (Å²) in [5.74, 6) is 7.47. The molecule has 1 aromatic carbocycles. The van der Waals surface area contributed by atoms with Crippen molar-refractivity contribution in [3.05, 3.63) is 52.7 Å². The van der Waals surface area contributed by atoms with Crippen LogP contribution in [0.5, 0.6) is 5.75 Å². The van der Waals surface area contributed by atoms with Crippen LogP contribution in [-0.2, 0) is 5.75 Å². The Morgan fingerprint density at radius 2 is 2.24 bits per heavy atom. The van der Waals surface area contributed by atoms with E-state index in [4.69, 9.17) is 22.1 Å². The van der Waals surface area contributed by atoms with Crippen molar-refractivity contribution >= 4 is 23.4 Å². The molecule has 3 nitrogen and oxygen atoms in total. The Morgan fingerprint density at radius 3 is 2.95 bits per heavy atom. The van der Waals surface area contributed by atoms with E-state index >= 15 is 0 Å². The second kappa shape index (κ2) is 7.94. The Kier molecular flexibility index (Phi) is 5.94. The Labute approximate surface area is 133 Å². The third-order valence-corrected chi connectivity index (χ3v) is 4.20. The molecule has 1 heterocycles. The van der Waals surface area contributed by atoms with Crippen LogP contribution in [0, 0.1) is 11.8 Å². The number of nitrogens with zero attached hydrogens (tertiary/aromatic N) is 1. The highest BCUT2D eigenvalue weighted by molar-refractivity contribution is 7.98. The number of pyridine rings is 1. The standard InChI is InChI=1S/C16H15ClN2OS/c1-20-14-7-6-12(4-2-8-18)13(10-14)11-21-16-15(17)5-3-9-19-16/h3,5-7,9-10H,8,11,18H2,1H3. The second-order valence-corrected chi connectivity index (χ2v) is 5.48. The van der Waals surface area contributed by atoms with Crippen LogP contribution in [0.25, 0.3) is 0 Å². The summed E-state index contributed by atoms with van der Waals surface area (Å²) in [7, 11) is 1.65. The van der Waals surface area contributed by atoms with Gasteiger partial charge in [-0.25, -0.2) is 4.98 Å². The molecule has 0 fully saturated rings. The molecule has 2 rings (SSSR count).